The molecule has 0 aromatic heterocycles. The molecule has 0 aromatic carbocycles. The normalized spacial score (nSPS) is 24.7. The lowest BCUT2D eigenvalue weighted by Crippen LogP contribution is -2.67. The van der Waals surface area contributed by atoms with Gasteiger partial charge in [-0.2, -0.15) is 0 Å². The third-order valence-corrected chi connectivity index (χ3v) is 2.64. The second-order valence-electron chi connectivity index (χ2n) is 4.21. The molecule has 1 heterocycles. The van der Waals surface area contributed by atoms with Crippen molar-refractivity contribution in [3.05, 3.63) is 12.3 Å². The number of hydrogen-bond acceptors (Lipinski definition) is 3. The summed E-state index contributed by atoms with van der Waals surface area (Å²) in [5.74, 6) is -0.893. The quantitative estimate of drug-likeness (QED) is 0.466. The Hall–Kier alpha value is -1.07. The van der Waals surface area contributed by atoms with E-state index in [0.717, 1.165) is 13.0 Å². The topological polar surface area (TPSA) is 70.4 Å². The maximum atomic E-state index is 11.4. The van der Waals surface area contributed by atoms with Crippen LogP contribution in [0.1, 0.15) is 32.6 Å². The van der Waals surface area contributed by atoms with Crippen LogP contribution in [0.25, 0.3) is 0 Å². The molecule has 2 amide bonds. The maximum absolute atomic E-state index is 11.4. The largest absolute Gasteiger partial charge is 0.323 e. The number of carbonyl (C=O) groups excluding carboxylic acids is 1. The van der Waals surface area contributed by atoms with Crippen LogP contribution in [0.2, 0.25) is 0 Å². The average Bonchev–Trinajstić information content (AvgIpc) is 2.24. The number of amides is 2. The van der Waals surface area contributed by atoms with Crippen molar-refractivity contribution >= 4 is 6.03 Å². The zero-order valence-corrected chi connectivity index (χ0v) is 10.1. The summed E-state index contributed by atoms with van der Waals surface area (Å²) in [4.78, 5) is 12.9. The summed E-state index contributed by atoms with van der Waals surface area (Å²) in [6.45, 7) is 2.99. The molecule has 16 heavy (non-hydrogen) atoms. The van der Waals surface area contributed by atoms with Crippen LogP contribution in [0.3, 0.4) is 0 Å². The predicted octanol–water partition coefficient (Wildman–Crippen LogP) is 0.938. The summed E-state index contributed by atoms with van der Waals surface area (Å²) >= 11 is 0. The first-order valence-corrected chi connectivity index (χ1v) is 5.85. The molecule has 0 saturated carbocycles. The van der Waals surface area contributed by atoms with Gasteiger partial charge in [-0.05, 0) is 19.0 Å². The molecule has 1 atom stereocenters. The molecule has 0 radical (unpaired) electrons. The van der Waals surface area contributed by atoms with Crippen LogP contribution >= 0.6 is 0 Å². The summed E-state index contributed by atoms with van der Waals surface area (Å²) in [6.07, 6.45) is 8.16. The van der Waals surface area contributed by atoms with Crippen molar-refractivity contribution in [3.63, 3.8) is 0 Å². The number of unbranched alkanes of at least 4 members (excludes halogenated alkanes) is 3. The zero-order chi connectivity index (χ0) is 12.0. The Bertz CT molecular complexity index is 267. The monoisotopic (exact) mass is 226 g/mol. The highest BCUT2D eigenvalue weighted by Crippen LogP contribution is 2.05. The number of hydrogen-bond donors (Lipinski definition) is 3. The van der Waals surface area contributed by atoms with Gasteiger partial charge in [-0.3, -0.25) is 11.1 Å². The minimum Gasteiger partial charge on any atom is -0.304 e. The Morgan fingerprint density at radius 3 is 2.88 bits per heavy atom. The molecule has 92 valence electrons. The molecule has 1 aliphatic heterocycles. The summed E-state index contributed by atoms with van der Waals surface area (Å²) in [6, 6.07) is -0.189. The minimum atomic E-state index is -0.893. The molecular weight excluding hydrogens is 204 g/mol. The maximum Gasteiger partial charge on any atom is 0.323 e. The molecule has 1 unspecified atom stereocenters. The van der Waals surface area contributed by atoms with Gasteiger partial charge in [0.15, 0.2) is 5.79 Å². The van der Waals surface area contributed by atoms with Crippen LogP contribution in [0.5, 0.6) is 0 Å². The summed E-state index contributed by atoms with van der Waals surface area (Å²) in [5.41, 5.74) is 5.97. The molecule has 1 rings (SSSR count). The Balaban J connectivity index is 2.30. The standard InChI is InChI=1S/C11H22N4O/c1-3-4-5-6-8-13-11(12)7-9-15(2)10(16)14-11/h7,9,13H,3-6,8,12H2,1-2H3,(H,14,16). The number of rotatable bonds is 6. The third kappa shape index (κ3) is 3.83. The van der Waals surface area contributed by atoms with Crippen LogP contribution in [-0.2, 0) is 0 Å². The van der Waals surface area contributed by atoms with Gasteiger partial charge >= 0.3 is 6.03 Å². The summed E-state index contributed by atoms with van der Waals surface area (Å²) in [7, 11) is 1.69. The van der Waals surface area contributed by atoms with Gasteiger partial charge < -0.3 is 10.2 Å². The molecule has 0 aliphatic carbocycles. The Labute approximate surface area is 97.1 Å². The number of urea groups is 1. The summed E-state index contributed by atoms with van der Waals surface area (Å²) in [5, 5.41) is 5.84. The molecule has 5 nitrogen and oxygen atoms in total. The fourth-order valence-electron chi connectivity index (χ4n) is 1.55. The average molecular weight is 226 g/mol. The number of nitrogens with one attached hydrogen (secondary N) is 2. The van der Waals surface area contributed by atoms with E-state index in [-0.39, 0.29) is 6.03 Å². The van der Waals surface area contributed by atoms with Gasteiger partial charge in [0.1, 0.15) is 0 Å². The van der Waals surface area contributed by atoms with Gasteiger partial charge in [0.25, 0.3) is 0 Å². The van der Waals surface area contributed by atoms with Gasteiger partial charge in [0, 0.05) is 13.2 Å². The zero-order valence-electron chi connectivity index (χ0n) is 10.1. The van der Waals surface area contributed by atoms with Crippen molar-refractivity contribution < 1.29 is 4.79 Å². The summed E-state index contributed by atoms with van der Waals surface area (Å²) < 4.78 is 0. The molecular formula is C11H22N4O. The predicted molar refractivity (Wildman–Crippen MR) is 64.5 cm³/mol. The van der Waals surface area contributed by atoms with Crippen LogP contribution in [0.4, 0.5) is 4.79 Å². The smallest absolute Gasteiger partial charge is 0.304 e. The van der Waals surface area contributed by atoms with E-state index >= 15 is 0 Å². The van der Waals surface area contributed by atoms with E-state index in [2.05, 4.69) is 17.6 Å². The molecule has 1 aliphatic rings. The number of nitrogens with zero attached hydrogens (tertiary/aromatic N) is 1. The van der Waals surface area contributed by atoms with Crippen molar-refractivity contribution in [1.29, 1.82) is 0 Å². The first kappa shape index (κ1) is 13.0. The lowest BCUT2D eigenvalue weighted by atomic mass is 10.2. The first-order chi connectivity index (χ1) is 7.57. The van der Waals surface area contributed by atoms with E-state index in [9.17, 15) is 4.79 Å². The SMILES string of the molecule is CCCCCCNC1(N)C=CN(C)C(=O)N1. The van der Waals surface area contributed by atoms with Crippen molar-refractivity contribution in [2.75, 3.05) is 13.6 Å². The van der Waals surface area contributed by atoms with Gasteiger partial charge in [-0.25, -0.2) is 4.79 Å². The van der Waals surface area contributed by atoms with E-state index in [0.29, 0.717) is 0 Å². The highest BCUT2D eigenvalue weighted by Gasteiger charge is 2.27. The van der Waals surface area contributed by atoms with Crippen LogP contribution < -0.4 is 16.4 Å². The Kier molecular flexibility index (Phi) is 4.76. The molecule has 4 N–H and O–H groups in total. The Morgan fingerprint density at radius 2 is 2.25 bits per heavy atom. The molecule has 0 saturated heterocycles. The highest BCUT2D eigenvalue weighted by atomic mass is 16.2. The van der Waals surface area contributed by atoms with Crippen molar-refractivity contribution in [3.8, 4) is 0 Å². The van der Waals surface area contributed by atoms with Crippen LogP contribution in [0, 0.1) is 0 Å². The fourth-order valence-corrected chi connectivity index (χ4v) is 1.55. The van der Waals surface area contributed by atoms with Gasteiger partial charge in [-0.15, -0.1) is 0 Å². The second-order valence-corrected chi connectivity index (χ2v) is 4.21. The van der Waals surface area contributed by atoms with Gasteiger partial charge in [0.05, 0.1) is 0 Å². The molecule has 5 heteroatoms. The number of carbonyl (C=O) groups is 1. The van der Waals surface area contributed by atoms with E-state index in [1.807, 2.05) is 0 Å². The lowest BCUT2D eigenvalue weighted by Gasteiger charge is -2.34. The van der Waals surface area contributed by atoms with Gasteiger partial charge in [-0.1, -0.05) is 26.2 Å². The molecule has 0 fully saturated rings. The minimum absolute atomic E-state index is 0.189. The van der Waals surface area contributed by atoms with E-state index in [4.69, 9.17) is 5.73 Å². The molecule has 0 bridgehead atoms. The van der Waals surface area contributed by atoms with E-state index in [1.54, 1.807) is 19.3 Å². The third-order valence-electron chi connectivity index (χ3n) is 2.64. The first-order valence-electron chi connectivity index (χ1n) is 5.85. The highest BCUT2D eigenvalue weighted by molar-refractivity contribution is 5.77. The van der Waals surface area contributed by atoms with Gasteiger partial charge in [0.2, 0.25) is 0 Å². The van der Waals surface area contributed by atoms with E-state index < -0.39 is 5.79 Å². The number of nitrogens with two attached hydrogens (primary N) is 1. The molecule has 0 aromatic rings. The van der Waals surface area contributed by atoms with Crippen molar-refractivity contribution in [2.45, 2.75) is 38.4 Å². The second kappa shape index (κ2) is 5.86. The molecule has 0 spiro atoms. The van der Waals surface area contributed by atoms with E-state index in [1.165, 1.54) is 24.2 Å². The van der Waals surface area contributed by atoms with Crippen LogP contribution in [-0.4, -0.2) is 30.3 Å². The van der Waals surface area contributed by atoms with Crippen molar-refractivity contribution in [1.82, 2.24) is 15.5 Å². The van der Waals surface area contributed by atoms with Crippen LogP contribution in [0.15, 0.2) is 12.3 Å². The Morgan fingerprint density at radius 1 is 1.50 bits per heavy atom. The van der Waals surface area contributed by atoms with Crippen molar-refractivity contribution in [2.24, 2.45) is 5.73 Å². The fraction of sp³-hybridized carbons (Fsp3) is 0.727. The lowest BCUT2D eigenvalue weighted by molar-refractivity contribution is 0.199.